The molecule has 0 radical (unpaired) electrons. The molecule has 4 nitrogen and oxygen atoms in total. The van der Waals surface area contributed by atoms with Crippen LogP contribution in [0.25, 0.3) is 0 Å². The number of aryl methyl sites for hydroxylation is 2. The number of amidine groups is 1. The number of carbonyl (C=O) groups excluding carboxylic acids is 1. The highest BCUT2D eigenvalue weighted by Crippen LogP contribution is 2.36. The number of halogens is 2. The van der Waals surface area contributed by atoms with Gasteiger partial charge in [0.05, 0.1) is 7.11 Å². The van der Waals surface area contributed by atoms with Crippen molar-refractivity contribution in [3.8, 4) is 0 Å². The van der Waals surface area contributed by atoms with Gasteiger partial charge in [0.15, 0.2) is 0 Å². The predicted molar refractivity (Wildman–Crippen MR) is 104 cm³/mol. The molecule has 2 aromatic rings. The maximum atomic E-state index is 14.5. The molecular weight excluding hydrogens is 362 g/mol. The first kappa shape index (κ1) is 20.1. The van der Waals surface area contributed by atoms with Gasteiger partial charge in [0.2, 0.25) is 0 Å². The van der Waals surface area contributed by atoms with Gasteiger partial charge in [-0.3, -0.25) is 20.1 Å². The Morgan fingerprint density at radius 2 is 1.79 bits per heavy atom. The molecule has 0 aromatic heterocycles. The molecule has 0 aliphatic carbocycles. The summed E-state index contributed by atoms with van der Waals surface area (Å²) in [5.41, 5.74) is 5.20. The van der Waals surface area contributed by atoms with E-state index in [0.29, 0.717) is 11.4 Å². The summed E-state index contributed by atoms with van der Waals surface area (Å²) in [6.07, 6.45) is 0.392. The number of nitrogens with zero attached hydrogens (tertiary/aromatic N) is 1. The highest BCUT2D eigenvalue weighted by atomic mass is 19.1. The fourth-order valence-corrected chi connectivity index (χ4v) is 3.69. The van der Waals surface area contributed by atoms with Crippen molar-refractivity contribution in [3.05, 3.63) is 70.3 Å². The second kappa shape index (κ2) is 8.61. The Morgan fingerprint density at radius 1 is 1.14 bits per heavy atom. The van der Waals surface area contributed by atoms with Crippen molar-refractivity contribution >= 4 is 11.6 Å². The van der Waals surface area contributed by atoms with Crippen LogP contribution >= 0.6 is 0 Å². The Labute approximate surface area is 163 Å². The van der Waals surface area contributed by atoms with E-state index in [1.54, 1.807) is 6.92 Å². The van der Waals surface area contributed by atoms with Crippen LogP contribution in [0.3, 0.4) is 0 Å². The molecule has 1 aliphatic heterocycles. The van der Waals surface area contributed by atoms with E-state index in [-0.39, 0.29) is 30.7 Å². The van der Waals surface area contributed by atoms with Crippen molar-refractivity contribution in [1.29, 1.82) is 0 Å². The SMILES string of the molecule is CONC1=NC[C@@H](c2c(F)cc(C)cc2F)[C@@H]1CC(=O)Cc1ccc(C)cc1. The minimum Gasteiger partial charge on any atom is -0.299 e. The maximum absolute atomic E-state index is 14.5. The van der Waals surface area contributed by atoms with E-state index in [0.717, 1.165) is 11.1 Å². The van der Waals surface area contributed by atoms with Crippen LogP contribution in [0.1, 0.15) is 34.6 Å². The first-order valence-corrected chi connectivity index (χ1v) is 9.25. The number of aliphatic imine (C=N–C) groups is 1. The summed E-state index contributed by atoms with van der Waals surface area (Å²) in [7, 11) is 1.44. The van der Waals surface area contributed by atoms with Crippen molar-refractivity contribution in [3.63, 3.8) is 0 Å². The zero-order valence-corrected chi connectivity index (χ0v) is 16.3. The second-order valence-corrected chi connectivity index (χ2v) is 7.29. The van der Waals surface area contributed by atoms with Gasteiger partial charge >= 0.3 is 0 Å². The number of ketones is 1. The average molecular weight is 386 g/mol. The molecule has 0 amide bonds. The second-order valence-electron chi connectivity index (χ2n) is 7.29. The number of rotatable bonds is 6. The summed E-state index contributed by atoms with van der Waals surface area (Å²) in [6, 6.07) is 10.4. The van der Waals surface area contributed by atoms with Crippen LogP contribution in [0.2, 0.25) is 0 Å². The summed E-state index contributed by atoms with van der Waals surface area (Å²) in [5, 5.41) is 0. The summed E-state index contributed by atoms with van der Waals surface area (Å²) in [6.45, 7) is 3.82. The number of hydrogen-bond acceptors (Lipinski definition) is 4. The maximum Gasteiger partial charge on any atom is 0.138 e. The predicted octanol–water partition coefficient (Wildman–Crippen LogP) is 4.05. The zero-order chi connectivity index (χ0) is 20.3. The van der Waals surface area contributed by atoms with E-state index in [1.165, 1.54) is 19.2 Å². The normalized spacial score (nSPS) is 18.8. The van der Waals surface area contributed by atoms with Gasteiger partial charge < -0.3 is 0 Å². The van der Waals surface area contributed by atoms with Gasteiger partial charge in [-0.1, -0.05) is 29.8 Å². The smallest absolute Gasteiger partial charge is 0.138 e. The summed E-state index contributed by atoms with van der Waals surface area (Å²) in [5.74, 6) is -1.80. The lowest BCUT2D eigenvalue weighted by molar-refractivity contribution is -0.119. The van der Waals surface area contributed by atoms with Crippen LogP contribution in [-0.2, 0) is 16.1 Å². The molecule has 3 rings (SSSR count). The summed E-state index contributed by atoms with van der Waals surface area (Å²) < 4.78 is 29.1. The Balaban J connectivity index is 1.82. The van der Waals surface area contributed by atoms with E-state index >= 15 is 0 Å². The molecule has 2 aromatic carbocycles. The highest BCUT2D eigenvalue weighted by Gasteiger charge is 2.37. The van der Waals surface area contributed by atoms with Gasteiger partial charge in [0.25, 0.3) is 0 Å². The molecule has 0 bridgehead atoms. The Bertz CT molecular complexity index is 871. The monoisotopic (exact) mass is 386 g/mol. The molecule has 0 fully saturated rings. The van der Waals surface area contributed by atoms with Crippen molar-refractivity contribution in [2.24, 2.45) is 10.9 Å². The standard InChI is InChI=1S/C22H24F2N2O2/c1-13-4-6-15(7-5-13)10-16(27)11-17-18(12-25-22(17)26-28-3)21-19(23)8-14(2)9-20(21)24/h4-9,17-18H,10-12H2,1-3H3,(H,25,26)/t17-,18+/m0/s1. The van der Waals surface area contributed by atoms with Crippen LogP contribution in [0.4, 0.5) is 8.78 Å². The van der Waals surface area contributed by atoms with Gasteiger partial charge in [-0.2, -0.15) is 0 Å². The Kier molecular flexibility index (Phi) is 6.19. The minimum atomic E-state index is -0.604. The summed E-state index contributed by atoms with van der Waals surface area (Å²) in [4.78, 5) is 22.0. The largest absolute Gasteiger partial charge is 0.299 e. The van der Waals surface area contributed by atoms with Crippen LogP contribution < -0.4 is 5.48 Å². The molecule has 1 N–H and O–H groups in total. The van der Waals surface area contributed by atoms with Crippen LogP contribution in [-0.4, -0.2) is 25.3 Å². The molecule has 148 valence electrons. The third-order valence-corrected chi connectivity index (χ3v) is 5.07. The lowest BCUT2D eigenvalue weighted by atomic mass is 9.82. The number of benzene rings is 2. The van der Waals surface area contributed by atoms with Crippen molar-refractivity contribution in [2.75, 3.05) is 13.7 Å². The van der Waals surface area contributed by atoms with E-state index in [9.17, 15) is 13.6 Å². The third kappa shape index (κ3) is 4.44. The Hall–Kier alpha value is -2.60. The average Bonchev–Trinajstić information content (AvgIpc) is 2.99. The van der Waals surface area contributed by atoms with Crippen molar-refractivity contribution in [1.82, 2.24) is 5.48 Å². The lowest BCUT2D eigenvalue weighted by Gasteiger charge is -2.22. The third-order valence-electron chi connectivity index (χ3n) is 5.07. The molecule has 1 aliphatic rings. The molecule has 2 atom stereocenters. The quantitative estimate of drug-likeness (QED) is 0.762. The number of Topliss-reactive ketones (excluding diaryl/α,β-unsaturated/α-hetero) is 1. The fourth-order valence-electron chi connectivity index (χ4n) is 3.69. The van der Waals surface area contributed by atoms with Gasteiger partial charge in [-0.15, -0.1) is 0 Å². The van der Waals surface area contributed by atoms with Gasteiger partial charge in [-0.05, 0) is 37.1 Å². The molecular formula is C22H24F2N2O2. The zero-order valence-electron chi connectivity index (χ0n) is 16.3. The van der Waals surface area contributed by atoms with Gasteiger partial charge in [-0.25, -0.2) is 8.78 Å². The molecule has 1 heterocycles. The van der Waals surface area contributed by atoms with E-state index in [2.05, 4.69) is 10.5 Å². The Morgan fingerprint density at radius 3 is 2.39 bits per heavy atom. The molecule has 28 heavy (non-hydrogen) atoms. The molecule has 0 spiro atoms. The molecule has 0 saturated heterocycles. The van der Waals surface area contributed by atoms with Gasteiger partial charge in [0, 0.05) is 36.8 Å². The minimum absolute atomic E-state index is 0.0146. The number of carbonyl (C=O) groups is 1. The van der Waals surface area contributed by atoms with Crippen molar-refractivity contribution < 1.29 is 18.4 Å². The van der Waals surface area contributed by atoms with E-state index in [4.69, 9.17) is 4.84 Å². The van der Waals surface area contributed by atoms with Crippen LogP contribution in [0.5, 0.6) is 0 Å². The number of nitrogens with one attached hydrogen (secondary N) is 1. The molecule has 0 saturated carbocycles. The van der Waals surface area contributed by atoms with Gasteiger partial charge in [0.1, 0.15) is 23.3 Å². The van der Waals surface area contributed by atoms with E-state index in [1.807, 2.05) is 31.2 Å². The highest BCUT2D eigenvalue weighted by molar-refractivity contribution is 5.92. The topological polar surface area (TPSA) is 50.7 Å². The van der Waals surface area contributed by atoms with E-state index < -0.39 is 23.5 Å². The number of hydroxylamine groups is 1. The van der Waals surface area contributed by atoms with Crippen LogP contribution in [0.15, 0.2) is 41.4 Å². The summed E-state index contributed by atoms with van der Waals surface area (Å²) >= 11 is 0. The van der Waals surface area contributed by atoms with Crippen molar-refractivity contribution in [2.45, 2.75) is 32.6 Å². The lowest BCUT2D eigenvalue weighted by Crippen LogP contribution is -2.32. The molecule has 6 heteroatoms. The first-order chi connectivity index (χ1) is 13.4. The fraction of sp³-hybridized carbons (Fsp3) is 0.364. The molecule has 0 unspecified atom stereocenters. The number of hydrogen-bond donors (Lipinski definition) is 1. The van der Waals surface area contributed by atoms with Crippen LogP contribution in [0, 0.1) is 31.4 Å². The first-order valence-electron chi connectivity index (χ1n) is 9.25.